The van der Waals surface area contributed by atoms with E-state index in [1.165, 1.54) is 0 Å². The summed E-state index contributed by atoms with van der Waals surface area (Å²) in [6.45, 7) is 5.56. The van der Waals surface area contributed by atoms with Crippen LogP contribution in [0.4, 0.5) is 0 Å². The van der Waals surface area contributed by atoms with Crippen molar-refractivity contribution in [1.29, 1.82) is 0 Å². The summed E-state index contributed by atoms with van der Waals surface area (Å²) in [5, 5.41) is 0.635. The molecule has 5 heteroatoms. The summed E-state index contributed by atoms with van der Waals surface area (Å²) in [5.74, 6) is 1.44. The number of ether oxygens (including phenoxy) is 3. The molecular weight excluding hydrogens is 254 g/mol. The van der Waals surface area contributed by atoms with Gasteiger partial charge in [-0.25, -0.2) is 0 Å². The van der Waals surface area contributed by atoms with E-state index in [1.54, 1.807) is 0 Å². The van der Waals surface area contributed by atoms with E-state index in [2.05, 4.69) is 4.90 Å². The third kappa shape index (κ3) is 2.55. The molecule has 0 saturated carbocycles. The Morgan fingerprint density at radius 2 is 1.83 bits per heavy atom. The summed E-state index contributed by atoms with van der Waals surface area (Å²) in [4.78, 5) is 2.35. The minimum absolute atomic E-state index is 0.565. The van der Waals surface area contributed by atoms with Gasteiger partial charge in [0.15, 0.2) is 11.5 Å². The minimum Gasteiger partial charge on any atom is -0.486 e. The fraction of sp³-hybridized carbons (Fsp3) is 0.538. The van der Waals surface area contributed by atoms with Crippen molar-refractivity contribution in [1.82, 2.24) is 4.90 Å². The Balaban J connectivity index is 1.77. The maximum absolute atomic E-state index is 6.22. The standard InChI is InChI=1S/C13H16ClNO3/c14-11-7-10(9-15-1-3-16-4-2-15)8-12-13(11)18-6-5-17-12/h7-8H,1-6,9H2. The van der Waals surface area contributed by atoms with Crippen LogP contribution in [0.25, 0.3) is 0 Å². The lowest BCUT2D eigenvalue weighted by molar-refractivity contribution is 0.0341. The van der Waals surface area contributed by atoms with Crippen molar-refractivity contribution in [3.8, 4) is 11.5 Å². The van der Waals surface area contributed by atoms with E-state index < -0.39 is 0 Å². The zero-order valence-electron chi connectivity index (χ0n) is 10.2. The highest BCUT2D eigenvalue weighted by Crippen LogP contribution is 2.38. The highest BCUT2D eigenvalue weighted by molar-refractivity contribution is 6.32. The van der Waals surface area contributed by atoms with Crippen LogP contribution in [0, 0.1) is 0 Å². The zero-order chi connectivity index (χ0) is 12.4. The molecule has 0 N–H and O–H groups in total. The van der Waals surface area contributed by atoms with Crippen LogP contribution in [0.3, 0.4) is 0 Å². The third-order valence-corrected chi connectivity index (χ3v) is 3.45. The zero-order valence-corrected chi connectivity index (χ0v) is 10.9. The Bertz CT molecular complexity index is 432. The summed E-state index contributed by atoms with van der Waals surface area (Å²) in [7, 11) is 0. The second-order valence-electron chi connectivity index (χ2n) is 4.49. The SMILES string of the molecule is Clc1cc(CN2CCOCC2)cc2c1OCCO2. The first-order valence-corrected chi connectivity index (χ1v) is 6.59. The Morgan fingerprint density at radius 3 is 2.67 bits per heavy atom. The molecule has 0 spiro atoms. The highest BCUT2D eigenvalue weighted by Gasteiger charge is 2.18. The molecule has 1 aromatic rings. The summed E-state index contributed by atoms with van der Waals surface area (Å²) >= 11 is 6.22. The van der Waals surface area contributed by atoms with Crippen LogP contribution in [-0.4, -0.2) is 44.4 Å². The summed E-state index contributed by atoms with van der Waals surface area (Å²) in [6, 6.07) is 3.99. The van der Waals surface area contributed by atoms with E-state index in [4.69, 9.17) is 25.8 Å². The lowest BCUT2D eigenvalue weighted by atomic mass is 10.1. The van der Waals surface area contributed by atoms with Crippen molar-refractivity contribution in [2.75, 3.05) is 39.5 Å². The summed E-state index contributed by atoms with van der Waals surface area (Å²) in [6.07, 6.45) is 0. The molecule has 3 rings (SSSR count). The minimum atomic E-state index is 0.565. The Hall–Kier alpha value is -0.970. The van der Waals surface area contributed by atoms with Crippen LogP contribution < -0.4 is 9.47 Å². The molecule has 1 aromatic carbocycles. The third-order valence-electron chi connectivity index (χ3n) is 3.17. The molecular formula is C13H16ClNO3. The Morgan fingerprint density at radius 1 is 1.06 bits per heavy atom. The largest absolute Gasteiger partial charge is 0.486 e. The fourth-order valence-electron chi connectivity index (χ4n) is 2.27. The maximum Gasteiger partial charge on any atom is 0.179 e. The average molecular weight is 270 g/mol. The lowest BCUT2D eigenvalue weighted by Gasteiger charge is -2.27. The van der Waals surface area contributed by atoms with E-state index in [1.807, 2.05) is 12.1 Å². The number of morpholine rings is 1. The van der Waals surface area contributed by atoms with Gasteiger partial charge in [-0.15, -0.1) is 0 Å². The van der Waals surface area contributed by atoms with Crippen molar-refractivity contribution in [2.45, 2.75) is 6.54 Å². The monoisotopic (exact) mass is 269 g/mol. The average Bonchev–Trinajstić information content (AvgIpc) is 2.40. The molecule has 0 aromatic heterocycles. The highest BCUT2D eigenvalue weighted by atomic mass is 35.5. The van der Waals surface area contributed by atoms with Gasteiger partial charge in [0, 0.05) is 19.6 Å². The van der Waals surface area contributed by atoms with E-state index in [9.17, 15) is 0 Å². The van der Waals surface area contributed by atoms with E-state index in [0.29, 0.717) is 24.0 Å². The fourth-order valence-corrected chi connectivity index (χ4v) is 2.56. The number of halogens is 1. The molecule has 0 atom stereocenters. The van der Waals surface area contributed by atoms with E-state index in [-0.39, 0.29) is 0 Å². The molecule has 2 aliphatic heterocycles. The van der Waals surface area contributed by atoms with Gasteiger partial charge in [0.25, 0.3) is 0 Å². The first-order valence-electron chi connectivity index (χ1n) is 6.21. The molecule has 18 heavy (non-hydrogen) atoms. The summed E-state index contributed by atoms with van der Waals surface area (Å²) in [5.41, 5.74) is 1.16. The van der Waals surface area contributed by atoms with Gasteiger partial charge in [0.05, 0.1) is 18.2 Å². The molecule has 0 unspecified atom stereocenters. The predicted molar refractivity (Wildman–Crippen MR) is 68.5 cm³/mol. The van der Waals surface area contributed by atoms with Crippen LogP contribution in [0.15, 0.2) is 12.1 Å². The second kappa shape index (κ2) is 5.34. The predicted octanol–water partition coefficient (Wildman–Crippen LogP) is 1.94. The first-order chi connectivity index (χ1) is 8.83. The van der Waals surface area contributed by atoms with Gasteiger partial charge >= 0.3 is 0 Å². The molecule has 2 aliphatic rings. The topological polar surface area (TPSA) is 30.9 Å². The molecule has 1 saturated heterocycles. The Kier molecular flexibility index (Phi) is 3.59. The van der Waals surface area contributed by atoms with Gasteiger partial charge in [-0.2, -0.15) is 0 Å². The van der Waals surface area contributed by atoms with Gasteiger partial charge in [-0.05, 0) is 17.7 Å². The maximum atomic E-state index is 6.22. The number of benzene rings is 1. The van der Waals surface area contributed by atoms with E-state index in [0.717, 1.165) is 44.2 Å². The van der Waals surface area contributed by atoms with Crippen LogP contribution >= 0.6 is 11.6 Å². The van der Waals surface area contributed by atoms with Crippen LogP contribution in [0.5, 0.6) is 11.5 Å². The quantitative estimate of drug-likeness (QED) is 0.821. The number of rotatable bonds is 2. The van der Waals surface area contributed by atoms with Crippen LogP contribution in [0.2, 0.25) is 5.02 Å². The van der Waals surface area contributed by atoms with Crippen molar-refractivity contribution < 1.29 is 14.2 Å². The van der Waals surface area contributed by atoms with Gasteiger partial charge in [-0.3, -0.25) is 4.90 Å². The molecule has 0 aliphatic carbocycles. The van der Waals surface area contributed by atoms with Crippen molar-refractivity contribution in [3.05, 3.63) is 22.7 Å². The molecule has 0 amide bonds. The smallest absolute Gasteiger partial charge is 0.179 e. The van der Waals surface area contributed by atoms with Crippen LogP contribution in [0.1, 0.15) is 5.56 Å². The lowest BCUT2D eigenvalue weighted by Crippen LogP contribution is -2.35. The molecule has 0 radical (unpaired) electrons. The molecule has 1 fully saturated rings. The van der Waals surface area contributed by atoms with E-state index >= 15 is 0 Å². The number of nitrogens with zero attached hydrogens (tertiary/aromatic N) is 1. The van der Waals surface area contributed by atoms with Crippen molar-refractivity contribution >= 4 is 11.6 Å². The molecule has 2 heterocycles. The van der Waals surface area contributed by atoms with Gasteiger partial charge in [0.1, 0.15) is 13.2 Å². The first kappa shape index (κ1) is 12.1. The van der Waals surface area contributed by atoms with Crippen molar-refractivity contribution in [2.24, 2.45) is 0 Å². The van der Waals surface area contributed by atoms with Gasteiger partial charge < -0.3 is 14.2 Å². The van der Waals surface area contributed by atoms with Gasteiger partial charge in [-0.1, -0.05) is 11.6 Å². The number of hydrogen-bond acceptors (Lipinski definition) is 4. The van der Waals surface area contributed by atoms with Gasteiger partial charge in [0.2, 0.25) is 0 Å². The summed E-state index contributed by atoms with van der Waals surface area (Å²) < 4.78 is 16.4. The van der Waals surface area contributed by atoms with Crippen LogP contribution in [-0.2, 0) is 11.3 Å². The number of hydrogen-bond donors (Lipinski definition) is 0. The Labute approximate surface area is 111 Å². The molecule has 4 nitrogen and oxygen atoms in total. The second-order valence-corrected chi connectivity index (χ2v) is 4.90. The number of fused-ring (bicyclic) bond motifs is 1. The molecule has 98 valence electrons. The molecule has 0 bridgehead atoms. The normalized spacial score (nSPS) is 19.8. The van der Waals surface area contributed by atoms with Crippen molar-refractivity contribution in [3.63, 3.8) is 0 Å².